The lowest BCUT2D eigenvalue weighted by molar-refractivity contribution is 0.0819. The van der Waals surface area contributed by atoms with Crippen molar-refractivity contribution in [2.75, 3.05) is 62.7 Å². The topological polar surface area (TPSA) is 19.0 Å². The maximum Gasteiger partial charge on any atom is 0.0605 e. The molecule has 3 fully saturated rings. The number of piperazine rings is 1. The maximum atomic E-state index is 5.61. The quantitative estimate of drug-likeness (QED) is 0.486. The predicted octanol–water partition coefficient (Wildman–Crippen LogP) is 6.19. The summed E-state index contributed by atoms with van der Waals surface area (Å²) in [5.41, 5.74) is 5.10. The molecule has 188 valence electrons. The van der Waals surface area contributed by atoms with Crippen molar-refractivity contribution < 1.29 is 4.74 Å². The molecule has 0 N–H and O–H groups in total. The molecule has 0 unspecified atom stereocenters. The Hall–Kier alpha value is -0.970. The van der Waals surface area contributed by atoms with E-state index < -0.39 is 0 Å². The van der Waals surface area contributed by atoms with E-state index in [-0.39, 0.29) is 12.4 Å². The SMILES string of the molecule is COC1CCN(c2ccc(N3CCN(CC(C)C)CC3)c(C3CCC(C)(C)CC3)c2)CC1.Cl. The van der Waals surface area contributed by atoms with Gasteiger partial charge in [-0.05, 0) is 79.5 Å². The number of halogens is 1. The van der Waals surface area contributed by atoms with Crippen molar-refractivity contribution in [3.05, 3.63) is 23.8 Å². The van der Waals surface area contributed by atoms with Crippen molar-refractivity contribution in [2.24, 2.45) is 11.3 Å². The highest BCUT2D eigenvalue weighted by Gasteiger charge is 2.31. The highest BCUT2D eigenvalue weighted by molar-refractivity contribution is 5.85. The maximum absolute atomic E-state index is 5.61. The number of nitrogens with zero attached hydrogens (tertiary/aromatic N) is 3. The van der Waals surface area contributed by atoms with Crippen LogP contribution in [0.25, 0.3) is 0 Å². The zero-order valence-corrected chi connectivity index (χ0v) is 22.6. The van der Waals surface area contributed by atoms with Gasteiger partial charge in [0.1, 0.15) is 0 Å². The molecule has 0 bridgehead atoms. The average Bonchev–Trinajstić information content (AvgIpc) is 2.79. The van der Waals surface area contributed by atoms with Gasteiger partial charge in [0.05, 0.1) is 6.10 Å². The molecule has 0 radical (unpaired) electrons. The molecule has 1 aromatic rings. The molecule has 4 rings (SSSR count). The lowest BCUT2D eigenvalue weighted by Crippen LogP contribution is -2.47. The second-order valence-corrected chi connectivity index (χ2v) is 11.8. The lowest BCUT2D eigenvalue weighted by atomic mass is 9.71. The highest BCUT2D eigenvalue weighted by atomic mass is 35.5. The molecule has 0 spiro atoms. The smallest absolute Gasteiger partial charge is 0.0605 e. The van der Waals surface area contributed by atoms with Gasteiger partial charge in [0.2, 0.25) is 0 Å². The standard InChI is InChI=1S/C28H47N3O.ClH/c1-22(2)21-29-16-18-31(19-17-29)27-7-6-24(30-14-10-25(32-5)11-15-30)20-26(27)23-8-12-28(3,4)13-9-23;/h6-7,20,22-23,25H,8-19,21H2,1-5H3;1H. The molecule has 4 nitrogen and oxygen atoms in total. The van der Waals surface area contributed by atoms with Crippen LogP contribution in [0.5, 0.6) is 0 Å². The average molecular weight is 478 g/mol. The zero-order valence-electron chi connectivity index (χ0n) is 21.8. The van der Waals surface area contributed by atoms with Crippen LogP contribution < -0.4 is 9.80 Å². The molecule has 2 aliphatic heterocycles. The first-order chi connectivity index (χ1) is 15.3. The number of rotatable bonds is 6. The summed E-state index contributed by atoms with van der Waals surface area (Å²) in [6.07, 6.45) is 8.09. The van der Waals surface area contributed by atoms with Crippen molar-refractivity contribution in [2.45, 2.75) is 78.2 Å². The fourth-order valence-electron chi connectivity index (χ4n) is 6.10. The van der Waals surface area contributed by atoms with Crippen LogP contribution in [0.4, 0.5) is 11.4 Å². The fraction of sp³-hybridized carbons (Fsp3) is 0.786. The van der Waals surface area contributed by atoms with E-state index >= 15 is 0 Å². The van der Waals surface area contributed by atoms with Crippen LogP contribution in [0.1, 0.15) is 77.7 Å². The van der Waals surface area contributed by atoms with E-state index in [9.17, 15) is 0 Å². The van der Waals surface area contributed by atoms with E-state index in [1.54, 1.807) is 5.56 Å². The Morgan fingerprint density at radius 1 is 0.909 bits per heavy atom. The minimum atomic E-state index is 0. The Bertz CT molecular complexity index is 727. The predicted molar refractivity (Wildman–Crippen MR) is 144 cm³/mol. The van der Waals surface area contributed by atoms with E-state index in [2.05, 4.69) is 60.6 Å². The number of ether oxygens (including phenoxy) is 1. The first-order valence-electron chi connectivity index (χ1n) is 13.2. The number of hydrogen-bond donors (Lipinski definition) is 0. The summed E-state index contributed by atoms with van der Waals surface area (Å²) in [5, 5.41) is 0. The first kappa shape index (κ1) is 26.6. The van der Waals surface area contributed by atoms with Crippen LogP contribution in [0.3, 0.4) is 0 Å². The van der Waals surface area contributed by atoms with E-state index in [1.165, 1.54) is 56.7 Å². The summed E-state index contributed by atoms with van der Waals surface area (Å²) >= 11 is 0. The minimum absolute atomic E-state index is 0. The molecule has 0 atom stereocenters. The number of anilines is 2. The van der Waals surface area contributed by atoms with Gasteiger partial charge < -0.3 is 14.5 Å². The summed E-state index contributed by atoms with van der Waals surface area (Å²) in [4.78, 5) is 7.93. The molecule has 0 aromatic heterocycles. The molecule has 3 aliphatic rings. The van der Waals surface area contributed by atoms with Crippen molar-refractivity contribution in [3.8, 4) is 0 Å². The third-order valence-electron chi connectivity index (χ3n) is 8.27. The van der Waals surface area contributed by atoms with Gasteiger partial charge in [-0.2, -0.15) is 0 Å². The largest absolute Gasteiger partial charge is 0.381 e. The monoisotopic (exact) mass is 477 g/mol. The second kappa shape index (κ2) is 11.6. The third-order valence-corrected chi connectivity index (χ3v) is 8.27. The van der Waals surface area contributed by atoms with E-state index in [0.29, 0.717) is 17.4 Å². The van der Waals surface area contributed by atoms with Crippen LogP contribution in [0.2, 0.25) is 0 Å². The fourth-order valence-corrected chi connectivity index (χ4v) is 6.10. The third kappa shape index (κ3) is 6.80. The van der Waals surface area contributed by atoms with Gasteiger partial charge in [0, 0.05) is 64.3 Å². The van der Waals surface area contributed by atoms with Crippen LogP contribution >= 0.6 is 12.4 Å². The molecule has 0 amide bonds. The summed E-state index contributed by atoms with van der Waals surface area (Å²) in [7, 11) is 1.86. The van der Waals surface area contributed by atoms with Crippen LogP contribution in [0.15, 0.2) is 18.2 Å². The Kier molecular flexibility index (Phi) is 9.39. The van der Waals surface area contributed by atoms with Crippen molar-refractivity contribution in [3.63, 3.8) is 0 Å². The van der Waals surface area contributed by atoms with Gasteiger partial charge in [-0.3, -0.25) is 4.90 Å². The number of benzene rings is 1. The molecule has 1 saturated carbocycles. The van der Waals surface area contributed by atoms with Crippen molar-refractivity contribution in [1.82, 2.24) is 4.90 Å². The molecular weight excluding hydrogens is 430 g/mol. The first-order valence-corrected chi connectivity index (χ1v) is 13.2. The Morgan fingerprint density at radius 2 is 1.55 bits per heavy atom. The van der Waals surface area contributed by atoms with E-state index in [4.69, 9.17) is 4.74 Å². The highest BCUT2D eigenvalue weighted by Crippen LogP contribution is 2.46. The zero-order chi connectivity index (χ0) is 22.7. The van der Waals surface area contributed by atoms with Gasteiger partial charge in [-0.15, -0.1) is 12.4 Å². The number of piperidine rings is 1. The summed E-state index contributed by atoms with van der Waals surface area (Å²) in [6.45, 7) is 17.8. The van der Waals surface area contributed by atoms with Gasteiger partial charge in [0.25, 0.3) is 0 Å². The van der Waals surface area contributed by atoms with Gasteiger partial charge in [-0.25, -0.2) is 0 Å². The lowest BCUT2D eigenvalue weighted by Gasteiger charge is -2.41. The molecule has 2 heterocycles. The molecule has 5 heteroatoms. The Labute approximate surface area is 209 Å². The summed E-state index contributed by atoms with van der Waals surface area (Å²) in [6, 6.07) is 7.44. The van der Waals surface area contributed by atoms with E-state index in [1.807, 2.05) is 7.11 Å². The Balaban J connectivity index is 0.00000306. The number of hydrogen-bond acceptors (Lipinski definition) is 4. The van der Waals surface area contributed by atoms with Crippen molar-refractivity contribution >= 4 is 23.8 Å². The number of methoxy groups -OCH3 is 1. The van der Waals surface area contributed by atoms with Gasteiger partial charge in [0.15, 0.2) is 0 Å². The molecular formula is C28H48ClN3O. The minimum Gasteiger partial charge on any atom is -0.381 e. The molecule has 1 aliphatic carbocycles. The molecule has 1 aromatic carbocycles. The molecule has 2 saturated heterocycles. The Morgan fingerprint density at radius 3 is 2.12 bits per heavy atom. The van der Waals surface area contributed by atoms with Crippen LogP contribution in [-0.2, 0) is 4.74 Å². The van der Waals surface area contributed by atoms with Crippen molar-refractivity contribution in [1.29, 1.82) is 0 Å². The molecule has 33 heavy (non-hydrogen) atoms. The van der Waals surface area contributed by atoms with E-state index in [0.717, 1.165) is 44.9 Å². The van der Waals surface area contributed by atoms with Crippen LogP contribution in [-0.4, -0.2) is 63.9 Å². The summed E-state index contributed by atoms with van der Waals surface area (Å²) in [5.74, 6) is 1.47. The normalized spacial score (nSPS) is 23.1. The van der Waals surface area contributed by atoms with Crippen LogP contribution in [0, 0.1) is 11.3 Å². The van der Waals surface area contributed by atoms with Gasteiger partial charge in [-0.1, -0.05) is 27.7 Å². The summed E-state index contributed by atoms with van der Waals surface area (Å²) < 4.78 is 5.61. The van der Waals surface area contributed by atoms with Gasteiger partial charge >= 0.3 is 0 Å². The second-order valence-electron chi connectivity index (χ2n) is 11.8.